The van der Waals surface area contributed by atoms with Gasteiger partial charge in [-0.25, -0.2) is 0 Å². The third-order valence-corrected chi connectivity index (χ3v) is 11.0. The lowest BCUT2D eigenvalue weighted by molar-refractivity contribution is -0.308. The molecule has 10 unspecified atom stereocenters. The number of Topliss-reactive ketones (excluding diaryl/α,β-unsaturated/α-hetero) is 1. The van der Waals surface area contributed by atoms with Gasteiger partial charge in [0.05, 0.1) is 62.4 Å². The van der Waals surface area contributed by atoms with Gasteiger partial charge in [0.15, 0.2) is 24.7 Å². The highest BCUT2D eigenvalue weighted by Gasteiger charge is 2.55. The molecule has 52 heavy (non-hydrogen) atoms. The van der Waals surface area contributed by atoms with Crippen LogP contribution in [-0.2, 0) is 33.2 Å². The van der Waals surface area contributed by atoms with Crippen LogP contribution in [0.4, 0.5) is 0 Å². The van der Waals surface area contributed by atoms with Crippen LogP contribution in [0, 0.1) is 17.8 Å². The minimum atomic E-state index is -1.64. The maximum Gasteiger partial charge on any atom is 0.187 e. The van der Waals surface area contributed by atoms with Gasteiger partial charge in [-0.3, -0.25) is 4.79 Å². The van der Waals surface area contributed by atoms with Crippen LogP contribution in [0.2, 0.25) is 0 Å². The smallest absolute Gasteiger partial charge is 0.187 e. The van der Waals surface area contributed by atoms with Crippen LogP contribution in [-0.4, -0.2) is 182 Å². The molecule has 0 amide bonds. The third-order valence-electron chi connectivity index (χ3n) is 11.0. The molecule has 3 heterocycles. The SMILES string of the molecule is CCC[C@@H]1C(CO)O[C@H](O[C@@H]2C(N)C[C@@H](CC(=O)C(O)CCO)C(O)C2O[C@@H]2O[C@H](CO)[C@H](O[C@H]3OC(CC)[C@@H](O)C(CO)C3N)[C@@H]2O)C(N)C1O. The van der Waals surface area contributed by atoms with Crippen molar-refractivity contribution in [2.75, 3.05) is 26.4 Å². The van der Waals surface area contributed by atoms with Crippen molar-refractivity contribution in [1.29, 1.82) is 0 Å². The number of ether oxygens (including phenoxy) is 6. The predicted octanol–water partition coefficient (Wildman–Crippen LogP) is -5.12. The molecule has 19 heteroatoms. The quantitative estimate of drug-likeness (QED) is 0.0660. The van der Waals surface area contributed by atoms with Crippen LogP contribution in [0.25, 0.3) is 0 Å². The molecule has 304 valence electrons. The summed E-state index contributed by atoms with van der Waals surface area (Å²) in [6, 6.07) is -3.11. The average Bonchev–Trinajstić information content (AvgIpc) is 3.42. The number of hydrogen-bond acceptors (Lipinski definition) is 19. The van der Waals surface area contributed by atoms with E-state index < -0.39 is 154 Å². The summed E-state index contributed by atoms with van der Waals surface area (Å²) in [6.07, 6.45) is -16.9. The molecule has 19 nitrogen and oxygen atoms in total. The Kier molecular flexibility index (Phi) is 16.5. The van der Waals surface area contributed by atoms with Gasteiger partial charge in [-0.05, 0) is 25.2 Å². The molecule has 20 atom stereocenters. The Hall–Kier alpha value is -1.05. The number of aliphatic hydroxyl groups is 9. The Morgan fingerprint density at radius 1 is 0.712 bits per heavy atom. The van der Waals surface area contributed by atoms with Gasteiger partial charge >= 0.3 is 0 Å². The molecule has 0 aromatic rings. The van der Waals surface area contributed by atoms with Crippen LogP contribution in [0.3, 0.4) is 0 Å². The van der Waals surface area contributed by atoms with Gasteiger partial charge in [-0.15, -0.1) is 0 Å². The van der Waals surface area contributed by atoms with E-state index in [0.717, 1.165) is 0 Å². The summed E-state index contributed by atoms with van der Waals surface area (Å²) in [5.74, 6) is -2.84. The molecule has 1 saturated carbocycles. The minimum Gasteiger partial charge on any atom is -0.396 e. The molecule has 4 aliphatic rings. The fraction of sp³-hybridized carbons (Fsp3) is 0.970. The highest BCUT2D eigenvalue weighted by atomic mass is 16.8. The van der Waals surface area contributed by atoms with E-state index in [-0.39, 0.29) is 19.3 Å². The van der Waals surface area contributed by atoms with Crippen LogP contribution in [0.15, 0.2) is 0 Å². The number of aliphatic hydroxyl groups excluding tert-OH is 9. The Morgan fingerprint density at radius 3 is 1.90 bits per heavy atom. The standard InChI is InChI=1S/C33H61N3O16/c1-3-5-14-20(11-39)48-32(23(36)26(14)45)50-28-16(34)8-13(9-18(42)17(41)6-7-37)24(43)30(28)52-33-27(46)29(21(12-40)49-33)51-31-22(35)15(10-38)25(44)19(4-2)47-31/h13-17,19-33,37-41,43-46H,3-12,34-36H2,1-2H3/t13-,14+,15?,16?,17?,19?,20?,21+,22?,23?,24?,25-,26?,27-,28+,29-,30?,31+,32+,33-/m0/s1. The van der Waals surface area contributed by atoms with Crippen molar-refractivity contribution in [2.45, 2.75) is 157 Å². The number of nitrogens with two attached hydrogens (primary N) is 3. The first kappa shape index (κ1) is 43.7. The molecule has 0 bridgehead atoms. The van der Waals surface area contributed by atoms with E-state index in [0.29, 0.717) is 19.3 Å². The van der Waals surface area contributed by atoms with Crippen molar-refractivity contribution >= 4 is 5.78 Å². The Balaban J connectivity index is 1.58. The number of carbonyl (C=O) groups is 1. The van der Waals surface area contributed by atoms with Crippen LogP contribution >= 0.6 is 0 Å². The van der Waals surface area contributed by atoms with Gasteiger partial charge in [-0.2, -0.15) is 0 Å². The van der Waals surface area contributed by atoms with Crippen molar-refractivity contribution in [1.82, 2.24) is 0 Å². The van der Waals surface area contributed by atoms with Crippen molar-refractivity contribution in [3.8, 4) is 0 Å². The highest BCUT2D eigenvalue weighted by Crippen LogP contribution is 2.38. The molecular weight excluding hydrogens is 694 g/mol. The van der Waals surface area contributed by atoms with E-state index in [9.17, 15) is 50.8 Å². The number of hydrogen-bond donors (Lipinski definition) is 12. The van der Waals surface area contributed by atoms with Gasteiger partial charge in [0.2, 0.25) is 0 Å². The van der Waals surface area contributed by atoms with E-state index in [1.165, 1.54) is 0 Å². The van der Waals surface area contributed by atoms with E-state index in [1.54, 1.807) is 6.92 Å². The first-order valence-electron chi connectivity index (χ1n) is 18.3. The fourth-order valence-corrected chi connectivity index (χ4v) is 7.91. The summed E-state index contributed by atoms with van der Waals surface area (Å²) in [5, 5.41) is 94.3. The van der Waals surface area contributed by atoms with Gasteiger partial charge in [0, 0.05) is 37.3 Å². The van der Waals surface area contributed by atoms with Gasteiger partial charge < -0.3 is 91.6 Å². The zero-order valence-corrected chi connectivity index (χ0v) is 29.7. The first-order chi connectivity index (χ1) is 24.8. The molecule has 0 radical (unpaired) electrons. The van der Waals surface area contributed by atoms with Crippen molar-refractivity contribution in [3.63, 3.8) is 0 Å². The zero-order valence-electron chi connectivity index (χ0n) is 29.7. The lowest BCUT2D eigenvalue weighted by Crippen LogP contribution is -2.65. The number of carbonyl (C=O) groups excluding carboxylic acids is 1. The summed E-state index contributed by atoms with van der Waals surface area (Å²) < 4.78 is 36.1. The number of rotatable bonds is 17. The molecule has 4 rings (SSSR count). The Morgan fingerprint density at radius 2 is 1.31 bits per heavy atom. The van der Waals surface area contributed by atoms with E-state index in [2.05, 4.69) is 0 Å². The third kappa shape index (κ3) is 9.48. The predicted molar refractivity (Wildman–Crippen MR) is 177 cm³/mol. The van der Waals surface area contributed by atoms with E-state index in [1.807, 2.05) is 6.92 Å². The summed E-state index contributed by atoms with van der Waals surface area (Å²) in [6.45, 7) is 1.67. The zero-order chi connectivity index (χ0) is 38.4. The molecule has 3 aliphatic heterocycles. The number of ketones is 1. The molecule has 0 spiro atoms. The minimum absolute atomic E-state index is 0.0118. The molecule has 0 aromatic carbocycles. The lowest BCUT2D eigenvalue weighted by atomic mass is 9.76. The molecule has 15 N–H and O–H groups in total. The first-order valence-corrected chi connectivity index (χ1v) is 18.3. The molecule has 4 fully saturated rings. The maximum atomic E-state index is 12.8. The van der Waals surface area contributed by atoms with Crippen molar-refractivity contribution in [3.05, 3.63) is 0 Å². The molecule has 1 aliphatic carbocycles. The monoisotopic (exact) mass is 755 g/mol. The molecular formula is C33H61N3O16. The lowest BCUT2D eigenvalue weighted by Gasteiger charge is -2.48. The van der Waals surface area contributed by atoms with E-state index in [4.69, 9.17) is 45.6 Å². The second-order valence-electron chi connectivity index (χ2n) is 14.5. The maximum absolute atomic E-state index is 12.8. The summed E-state index contributed by atoms with van der Waals surface area (Å²) >= 11 is 0. The second kappa shape index (κ2) is 19.7. The van der Waals surface area contributed by atoms with Crippen molar-refractivity contribution < 1.29 is 79.2 Å². The summed E-state index contributed by atoms with van der Waals surface area (Å²) in [7, 11) is 0. The Labute approximate surface area is 302 Å². The van der Waals surface area contributed by atoms with Gasteiger partial charge in [0.25, 0.3) is 0 Å². The molecule has 3 saturated heterocycles. The van der Waals surface area contributed by atoms with Crippen molar-refractivity contribution in [2.24, 2.45) is 35.0 Å². The van der Waals surface area contributed by atoms with E-state index >= 15 is 0 Å². The second-order valence-corrected chi connectivity index (χ2v) is 14.5. The van der Waals surface area contributed by atoms with Crippen LogP contribution < -0.4 is 17.2 Å². The molecule has 0 aromatic heterocycles. The Bertz CT molecular complexity index is 1100. The normalized spacial score (nSPS) is 46.3. The summed E-state index contributed by atoms with van der Waals surface area (Å²) in [5.41, 5.74) is 19.2. The topological polar surface area (TPSA) is 333 Å². The fourth-order valence-electron chi connectivity index (χ4n) is 7.91. The van der Waals surface area contributed by atoms with Gasteiger partial charge in [0.1, 0.15) is 36.6 Å². The highest BCUT2D eigenvalue weighted by molar-refractivity contribution is 5.83. The van der Waals surface area contributed by atoms with Crippen LogP contribution in [0.1, 0.15) is 52.4 Å². The van der Waals surface area contributed by atoms with Crippen LogP contribution in [0.5, 0.6) is 0 Å². The average molecular weight is 756 g/mol. The summed E-state index contributed by atoms with van der Waals surface area (Å²) in [4.78, 5) is 12.8. The van der Waals surface area contributed by atoms with Gasteiger partial charge in [-0.1, -0.05) is 20.3 Å². The largest absolute Gasteiger partial charge is 0.396 e.